The summed E-state index contributed by atoms with van der Waals surface area (Å²) in [5.41, 5.74) is 6.47. The van der Waals surface area contributed by atoms with E-state index >= 15 is 0 Å². The van der Waals surface area contributed by atoms with Gasteiger partial charge in [-0.15, -0.1) is 25.3 Å². The van der Waals surface area contributed by atoms with E-state index in [1.54, 1.807) is 0 Å². The van der Waals surface area contributed by atoms with Crippen molar-refractivity contribution in [3.63, 3.8) is 0 Å². The highest BCUT2D eigenvalue weighted by molar-refractivity contribution is 7.80. The van der Waals surface area contributed by atoms with E-state index in [0.29, 0.717) is 34.9 Å². The Kier molecular flexibility index (Phi) is 9.99. The van der Waals surface area contributed by atoms with E-state index in [1.807, 2.05) is 106 Å². The Morgan fingerprint density at radius 3 is 1.41 bits per heavy atom. The molecule has 0 saturated carbocycles. The normalized spacial score (nSPS) is 11.3. The summed E-state index contributed by atoms with van der Waals surface area (Å²) in [5.74, 6) is -0.325. The first-order chi connectivity index (χ1) is 22.5. The van der Waals surface area contributed by atoms with Crippen molar-refractivity contribution in [3.05, 3.63) is 97.1 Å². The van der Waals surface area contributed by atoms with Gasteiger partial charge < -0.3 is 20.1 Å². The summed E-state index contributed by atoms with van der Waals surface area (Å²) in [5, 5.41) is 6.97. The van der Waals surface area contributed by atoms with Gasteiger partial charge in [-0.3, -0.25) is 18.7 Å². The molecule has 2 N–H and O–H groups in total. The van der Waals surface area contributed by atoms with E-state index in [-0.39, 0.29) is 37.9 Å². The second-order valence-corrected chi connectivity index (χ2v) is 11.2. The van der Waals surface area contributed by atoms with E-state index < -0.39 is 0 Å². The fraction of sp³-hybridized carbons (Fsp3) is 0.176. The first-order valence-corrected chi connectivity index (χ1v) is 15.6. The average Bonchev–Trinajstić information content (AvgIpc) is 3.57. The number of carbonyl (C=O) groups is 2. The fourth-order valence-electron chi connectivity index (χ4n) is 5.04. The molecule has 0 unspecified atom stereocenters. The van der Waals surface area contributed by atoms with Crippen LogP contribution >= 0.6 is 25.3 Å². The molecule has 2 aromatic heterocycles. The molecule has 4 aromatic carbocycles. The van der Waals surface area contributed by atoms with Crippen LogP contribution in [0.2, 0.25) is 0 Å². The van der Waals surface area contributed by atoms with Gasteiger partial charge in [-0.05, 0) is 60.7 Å². The number of hydrogen-bond acceptors (Lipinski definition) is 8. The molecule has 0 aliphatic carbocycles. The van der Waals surface area contributed by atoms with Gasteiger partial charge in [0.05, 0.1) is 61.3 Å². The maximum Gasteiger partial charge on any atom is 0.226 e. The van der Waals surface area contributed by atoms with Crippen LogP contribution in [0.4, 0.5) is 11.4 Å². The third kappa shape index (κ3) is 7.43. The number of aromatic nitrogens is 4. The summed E-state index contributed by atoms with van der Waals surface area (Å²) in [6.07, 6.45) is 0.386. The average molecular weight is 653 g/mol. The molecule has 6 rings (SSSR count). The number of fused-ring (bicyclic) bond motifs is 2. The van der Waals surface area contributed by atoms with Gasteiger partial charge in [0.25, 0.3) is 0 Å². The number of nitrogens with one attached hydrogen (secondary N) is 2. The van der Waals surface area contributed by atoms with E-state index in [4.69, 9.17) is 9.47 Å². The first kappa shape index (κ1) is 31.4. The predicted octanol–water partition coefficient (Wildman–Crippen LogP) is 6.33. The predicted molar refractivity (Wildman–Crippen MR) is 185 cm³/mol. The van der Waals surface area contributed by atoms with Gasteiger partial charge in [0.1, 0.15) is 0 Å². The van der Waals surface area contributed by atoms with Gasteiger partial charge in [-0.2, -0.15) is 0 Å². The lowest BCUT2D eigenvalue weighted by Gasteiger charge is -2.09. The Morgan fingerprint density at radius 2 is 1.00 bits per heavy atom. The highest BCUT2D eigenvalue weighted by atomic mass is 32.1. The van der Waals surface area contributed by atoms with Crippen LogP contribution in [0.1, 0.15) is 12.8 Å². The molecule has 12 heteroatoms. The molecule has 6 aromatic rings. The van der Waals surface area contributed by atoms with Crippen molar-refractivity contribution in [1.29, 1.82) is 0 Å². The van der Waals surface area contributed by atoms with Gasteiger partial charge >= 0.3 is 0 Å². The SMILES string of the molecule is O=C(CCOCCOCCC(=O)Nc1ccc2nc(S)n(-c3ccccc3)c2c1)Nc1ccc2nc(S)n(-c3ccccc3)c2c1. The van der Waals surface area contributed by atoms with E-state index in [0.717, 1.165) is 33.4 Å². The van der Waals surface area contributed by atoms with Crippen molar-refractivity contribution < 1.29 is 19.1 Å². The number of rotatable bonds is 13. The number of imidazole rings is 2. The molecule has 2 heterocycles. The minimum Gasteiger partial charge on any atom is -0.379 e. The van der Waals surface area contributed by atoms with Crippen LogP contribution in [0.25, 0.3) is 33.4 Å². The molecule has 234 valence electrons. The quantitative estimate of drug-likeness (QED) is 0.0857. The molecule has 0 saturated heterocycles. The first-order valence-electron chi connectivity index (χ1n) is 14.8. The molecular formula is C34H32N6O4S2. The molecule has 0 bridgehead atoms. The van der Waals surface area contributed by atoms with Crippen LogP contribution in [0.3, 0.4) is 0 Å². The Bertz CT molecular complexity index is 1830. The molecule has 0 atom stereocenters. The van der Waals surface area contributed by atoms with Crippen molar-refractivity contribution >= 4 is 70.5 Å². The van der Waals surface area contributed by atoms with E-state index in [1.165, 1.54) is 0 Å². The van der Waals surface area contributed by atoms with E-state index in [9.17, 15) is 9.59 Å². The summed E-state index contributed by atoms with van der Waals surface area (Å²) in [7, 11) is 0. The van der Waals surface area contributed by atoms with Crippen LogP contribution < -0.4 is 10.6 Å². The lowest BCUT2D eigenvalue weighted by atomic mass is 10.2. The number of nitrogens with zero attached hydrogens (tertiary/aromatic N) is 4. The van der Waals surface area contributed by atoms with E-state index in [2.05, 4.69) is 45.9 Å². The summed E-state index contributed by atoms with van der Waals surface area (Å²) in [6, 6.07) is 30.7. The molecule has 2 amide bonds. The van der Waals surface area contributed by atoms with Crippen molar-refractivity contribution in [2.24, 2.45) is 0 Å². The number of anilines is 2. The lowest BCUT2D eigenvalue weighted by molar-refractivity contribution is -0.118. The maximum atomic E-state index is 12.5. The minimum absolute atomic E-state index is 0.163. The number of hydrogen-bond donors (Lipinski definition) is 4. The molecular weight excluding hydrogens is 621 g/mol. The number of ether oxygens (including phenoxy) is 2. The standard InChI is InChI=1S/C34H32N6O4S2/c41-31(35-23-11-13-27-29(21-23)39(33(45)37-27)25-7-3-1-4-8-25)15-17-43-19-20-44-18-16-32(42)36-24-12-14-28-30(22-24)40(34(46)38-28)26-9-5-2-6-10-26/h1-14,21-22H,15-20H2,(H,35,41)(H,36,42)(H,37,45)(H,38,46). The Labute approximate surface area is 276 Å². The summed E-state index contributed by atoms with van der Waals surface area (Å²) < 4.78 is 15.0. The fourth-order valence-corrected chi connectivity index (χ4v) is 5.70. The highest BCUT2D eigenvalue weighted by Gasteiger charge is 2.13. The van der Waals surface area contributed by atoms with Crippen LogP contribution in [0.15, 0.2) is 107 Å². The van der Waals surface area contributed by atoms with Gasteiger partial charge in [0, 0.05) is 22.7 Å². The summed E-state index contributed by atoms with van der Waals surface area (Å²) >= 11 is 9.05. The number of para-hydroxylation sites is 2. The van der Waals surface area contributed by atoms with Crippen LogP contribution in [0.5, 0.6) is 0 Å². The smallest absolute Gasteiger partial charge is 0.226 e. The zero-order valence-electron chi connectivity index (χ0n) is 24.8. The van der Waals surface area contributed by atoms with Crippen molar-refractivity contribution in [1.82, 2.24) is 19.1 Å². The largest absolute Gasteiger partial charge is 0.379 e. The molecule has 10 nitrogen and oxygen atoms in total. The minimum atomic E-state index is -0.163. The number of thiol groups is 2. The lowest BCUT2D eigenvalue weighted by Crippen LogP contribution is -2.17. The second kappa shape index (κ2) is 14.6. The molecule has 0 aliphatic heterocycles. The molecule has 0 aliphatic rings. The highest BCUT2D eigenvalue weighted by Crippen LogP contribution is 2.27. The van der Waals surface area contributed by atoms with Crippen LogP contribution in [-0.2, 0) is 19.1 Å². The Morgan fingerprint density at radius 1 is 0.587 bits per heavy atom. The monoisotopic (exact) mass is 652 g/mol. The van der Waals surface area contributed by atoms with Crippen molar-refractivity contribution in [3.8, 4) is 11.4 Å². The van der Waals surface area contributed by atoms with Crippen LogP contribution in [0, 0.1) is 0 Å². The van der Waals surface area contributed by atoms with Gasteiger partial charge in [0.2, 0.25) is 11.8 Å². The third-order valence-electron chi connectivity index (χ3n) is 7.19. The third-order valence-corrected chi connectivity index (χ3v) is 7.79. The zero-order valence-corrected chi connectivity index (χ0v) is 26.6. The summed E-state index contributed by atoms with van der Waals surface area (Å²) in [6.45, 7) is 1.12. The van der Waals surface area contributed by atoms with Gasteiger partial charge in [0.15, 0.2) is 10.3 Å². The Balaban J connectivity index is 0.897. The zero-order chi connectivity index (χ0) is 31.9. The molecule has 0 radical (unpaired) electrons. The van der Waals surface area contributed by atoms with Crippen molar-refractivity contribution in [2.45, 2.75) is 23.2 Å². The molecule has 0 spiro atoms. The number of amides is 2. The Hall–Kier alpha value is -4.62. The molecule has 0 fully saturated rings. The van der Waals surface area contributed by atoms with Crippen molar-refractivity contribution in [2.75, 3.05) is 37.1 Å². The molecule has 46 heavy (non-hydrogen) atoms. The maximum absolute atomic E-state index is 12.5. The number of carbonyl (C=O) groups excluding carboxylic acids is 2. The van der Waals surface area contributed by atoms with Gasteiger partial charge in [-0.1, -0.05) is 36.4 Å². The summed E-state index contributed by atoms with van der Waals surface area (Å²) in [4.78, 5) is 34.1. The van der Waals surface area contributed by atoms with Gasteiger partial charge in [-0.25, -0.2) is 9.97 Å². The number of benzene rings is 4. The van der Waals surface area contributed by atoms with Crippen LogP contribution in [-0.4, -0.2) is 57.3 Å². The topological polar surface area (TPSA) is 112 Å². The second-order valence-electron chi connectivity index (χ2n) is 10.4.